The van der Waals surface area contributed by atoms with Crippen LogP contribution in [0.3, 0.4) is 0 Å². The van der Waals surface area contributed by atoms with E-state index in [4.69, 9.17) is 68.6 Å². The van der Waals surface area contributed by atoms with Gasteiger partial charge in [-0.15, -0.1) is 0 Å². The van der Waals surface area contributed by atoms with Crippen molar-refractivity contribution in [2.24, 2.45) is 0 Å². The molecule has 160 valence electrons. The highest BCUT2D eigenvalue weighted by Crippen LogP contribution is 2.33. The molecule has 0 saturated carbocycles. The predicted octanol–water partition coefficient (Wildman–Crippen LogP) is 1.52. The van der Waals surface area contributed by atoms with Gasteiger partial charge in [0.05, 0.1) is 0 Å². The zero-order chi connectivity index (χ0) is 21.6. The Kier molecular flexibility index (Phi) is 9.22. The number of carbonyl (C=O) groups excluding carboxylic acids is 3. The highest BCUT2D eigenvalue weighted by Gasteiger charge is 2.52. The van der Waals surface area contributed by atoms with E-state index in [1.165, 1.54) is 14.0 Å². The van der Waals surface area contributed by atoms with Gasteiger partial charge in [-0.3, -0.25) is 19.8 Å². The van der Waals surface area contributed by atoms with Crippen LogP contribution in [0.5, 0.6) is 0 Å². The Balaban J connectivity index is 3.23. The second kappa shape index (κ2) is 10.4. The summed E-state index contributed by atoms with van der Waals surface area (Å²) < 4.78 is 29.2. The zero-order valence-electron chi connectivity index (χ0n) is 15.4. The van der Waals surface area contributed by atoms with Crippen molar-refractivity contribution in [2.75, 3.05) is 13.7 Å². The topological polar surface area (TPSA) is 130 Å². The van der Waals surface area contributed by atoms with Gasteiger partial charge in [0.2, 0.25) is 12.2 Å². The van der Waals surface area contributed by atoms with Crippen LogP contribution in [0.15, 0.2) is 0 Å². The third kappa shape index (κ3) is 7.25. The summed E-state index contributed by atoms with van der Waals surface area (Å²) in [5.41, 5.74) is 0. The van der Waals surface area contributed by atoms with E-state index in [0.29, 0.717) is 0 Å². The first-order valence-corrected chi connectivity index (χ1v) is 8.98. The summed E-state index contributed by atoms with van der Waals surface area (Å²) in [5, 5.41) is 7.72. The van der Waals surface area contributed by atoms with E-state index < -0.39 is 58.3 Å². The largest absolute Gasteiger partial charge is 0.463 e. The molecule has 13 heteroatoms. The maximum Gasteiger partial charge on any atom is 0.303 e. The number of hydrogen-bond acceptors (Lipinski definition) is 10. The molecule has 1 N–H and O–H groups in total. The monoisotopic (exact) mass is 463 g/mol. The van der Waals surface area contributed by atoms with Crippen LogP contribution in [0.25, 0.3) is 0 Å². The third-order valence-corrected chi connectivity index (χ3v) is 3.92. The highest BCUT2D eigenvalue weighted by molar-refractivity contribution is 6.76. The number of halogens is 3. The Morgan fingerprint density at radius 2 is 1.46 bits per heavy atom. The predicted molar refractivity (Wildman–Crippen MR) is 96.3 cm³/mol. The number of hydrogen-bond donors (Lipinski definition) is 1. The summed E-state index contributed by atoms with van der Waals surface area (Å²) in [5.74, 6) is -2.84. The first-order chi connectivity index (χ1) is 12.9. The molecule has 1 aliphatic heterocycles. The lowest BCUT2D eigenvalue weighted by Gasteiger charge is -2.44. The number of nitrogens with one attached hydrogen (secondary N) is 1. The molecule has 10 nitrogen and oxygen atoms in total. The normalized spacial score (nSPS) is 27.5. The summed E-state index contributed by atoms with van der Waals surface area (Å²) in [6, 6.07) is 0. The molecule has 0 aliphatic carbocycles. The Hall–Kier alpha value is -1.33. The minimum absolute atomic E-state index is 0.346. The van der Waals surface area contributed by atoms with Crippen LogP contribution < -0.4 is 0 Å². The van der Waals surface area contributed by atoms with Gasteiger partial charge in [0.15, 0.2) is 12.2 Å². The lowest BCUT2D eigenvalue weighted by molar-refractivity contribution is -0.293. The standard InChI is InChI=1S/C15H20Cl3NO9/c1-6(20)24-5-9-10(25-7(2)21)11(23-4)12(26-8(3)22)13(27-9)28-14(19)15(16,17)18/h9-13,19H,5H2,1-4H3/t9-,10-,11+,12-,13-/m1/s1. The molecule has 0 aromatic heterocycles. The molecule has 0 aromatic carbocycles. The molecule has 0 unspecified atom stereocenters. The van der Waals surface area contributed by atoms with Crippen molar-refractivity contribution < 1.29 is 42.8 Å². The van der Waals surface area contributed by atoms with Gasteiger partial charge < -0.3 is 28.4 Å². The fraction of sp³-hybridized carbons (Fsp3) is 0.733. The average Bonchev–Trinajstić information content (AvgIpc) is 2.53. The summed E-state index contributed by atoms with van der Waals surface area (Å²) in [6.45, 7) is 3.10. The molecule has 0 radical (unpaired) electrons. The van der Waals surface area contributed by atoms with Crippen molar-refractivity contribution in [3.63, 3.8) is 0 Å². The van der Waals surface area contributed by atoms with Gasteiger partial charge in [0.1, 0.15) is 18.8 Å². The molecule has 1 rings (SSSR count). The summed E-state index contributed by atoms with van der Waals surface area (Å²) in [6.07, 6.45) is -6.10. The Bertz CT molecular complexity index is 610. The fourth-order valence-electron chi connectivity index (χ4n) is 2.41. The van der Waals surface area contributed by atoms with Crippen molar-refractivity contribution in [1.82, 2.24) is 0 Å². The lowest BCUT2D eigenvalue weighted by atomic mass is 9.98. The van der Waals surface area contributed by atoms with E-state index in [-0.39, 0.29) is 6.61 Å². The quantitative estimate of drug-likeness (QED) is 0.204. The molecule has 1 saturated heterocycles. The molecule has 1 fully saturated rings. The smallest absolute Gasteiger partial charge is 0.303 e. The average molecular weight is 465 g/mol. The number of methoxy groups -OCH3 is 1. The van der Waals surface area contributed by atoms with Crippen LogP contribution in [-0.4, -0.2) is 72.0 Å². The number of alkyl halides is 3. The SMILES string of the molecule is CO[C@@H]1[C@@H](OC(C)=O)[C@@H](OC(=N)C(Cl)(Cl)Cl)O[C@H](COC(C)=O)[C@H]1OC(C)=O. The second-order valence-corrected chi connectivity index (χ2v) is 7.92. The third-order valence-electron chi connectivity index (χ3n) is 3.41. The minimum atomic E-state index is -2.22. The maximum absolute atomic E-state index is 11.5. The first-order valence-electron chi connectivity index (χ1n) is 7.85. The Morgan fingerprint density at radius 1 is 0.929 bits per heavy atom. The van der Waals surface area contributed by atoms with Gasteiger partial charge >= 0.3 is 17.9 Å². The molecule has 0 spiro atoms. The molecule has 0 bridgehead atoms. The van der Waals surface area contributed by atoms with Crippen molar-refractivity contribution in [2.45, 2.75) is 55.3 Å². The lowest BCUT2D eigenvalue weighted by Crippen LogP contribution is -2.62. The van der Waals surface area contributed by atoms with Gasteiger partial charge in [-0.05, 0) is 0 Å². The van der Waals surface area contributed by atoms with E-state index in [9.17, 15) is 14.4 Å². The maximum atomic E-state index is 11.5. The van der Waals surface area contributed by atoms with Gasteiger partial charge in [-0.2, -0.15) is 0 Å². The second-order valence-electron chi connectivity index (χ2n) is 5.64. The molecule has 5 atom stereocenters. The first kappa shape index (κ1) is 24.7. The number of ether oxygens (including phenoxy) is 6. The number of esters is 3. The fourth-order valence-corrected chi connectivity index (χ4v) is 2.54. The summed E-state index contributed by atoms with van der Waals surface area (Å²) in [4.78, 5) is 34.2. The van der Waals surface area contributed by atoms with Crippen LogP contribution in [0.2, 0.25) is 0 Å². The molecule has 1 aliphatic rings. The van der Waals surface area contributed by atoms with Crippen molar-refractivity contribution >= 4 is 58.6 Å². The Labute approximate surface area is 176 Å². The van der Waals surface area contributed by atoms with Crippen molar-refractivity contribution in [1.29, 1.82) is 5.41 Å². The molecule has 0 aromatic rings. The van der Waals surface area contributed by atoms with E-state index in [1.807, 2.05) is 0 Å². The molecular formula is C15H20Cl3NO9. The van der Waals surface area contributed by atoms with Crippen molar-refractivity contribution in [3.8, 4) is 0 Å². The Morgan fingerprint density at radius 3 is 1.89 bits per heavy atom. The van der Waals surface area contributed by atoms with Gasteiger partial charge in [-0.1, -0.05) is 34.8 Å². The van der Waals surface area contributed by atoms with Crippen LogP contribution in [-0.2, 0) is 42.8 Å². The molecule has 0 amide bonds. The van der Waals surface area contributed by atoms with Crippen LogP contribution in [0, 0.1) is 5.41 Å². The summed E-state index contributed by atoms with van der Waals surface area (Å²) >= 11 is 16.8. The van der Waals surface area contributed by atoms with E-state index in [1.54, 1.807) is 0 Å². The van der Waals surface area contributed by atoms with Gasteiger partial charge in [-0.25, -0.2) is 0 Å². The van der Waals surface area contributed by atoms with E-state index >= 15 is 0 Å². The van der Waals surface area contributed by atoms with Gasteiger partial charge in [0, 0.05) is 27.9 Å². The van der Waals surface area contributed by atoms with E-state index in [0.717, 1.165) is 13.8 Å². The molecule has 28 heavy (non-hydrogen) atoms. The number of rotatable bonds is 6. The van der Waals surface area contributed by atoms with Gasteiger partial charge in [0.25, 0.3) is 3.79 Å². The number of carbonyl (C=O) groups is 3. The van der Waals surface area contributed by atoms with Crippen molar-refractivity contribution in [3.05, 3.63) is 0 Å². The highest BCUT2D eigenvalue weighted by atomic mass is 35.6. The minimum Gasteiger partial charge on any atom is -0.463 e. The van der Waals surface area contributed by atoms with Crippen LogP contribution >= 0.6 is 34.8 Å². The van der Waals surface area contributed by atoms with Crippen LogP contribution in [0.1, 0.15) is 20.8 Å². The van der Waals surface area contributed by atoms with Crippen LogP contribution in [0.4, 0.5) is 0 Å². The molecule has 1 heterocycles. The zero-order valence-corrected chi connectivity index (χ0v) is 17.7. The van der Waals surface area contributed by atoms with E-state index in [2.05, 4.69) is 0 Å². The summed E-state index contributed by atoms with van der Waals surface area (Å²) in [7, 11) is 1.27. The molecular weight excluding hydrogens is 445 g/mol.